The van der Waals surface area contributed by atoms with Gasteiger partial charge in [0.15, 0.2) is 0 Å². The fourth-order valence-electron chi connectivity index (χ4n) is 2.93. The van der Waals surface area contributed by atoms with E-state index in [1.165, 1.54) is 19.2 Å². The van der Waals surface area contributed by atoms with Gasteiger partial charge in [0.25, 0.3) is 11.5 Å². The molecule has 1 saturated heterocycles. The molecule has 0 aliphatic carbocycles. The topological polar surface area (TPSA) is 76.5 Å². The van der Waals surface area contributed by atoms with Crippen molar-refractivity contribution in [2.45, 2.75) is 6.04 Å². The Morgan fingerprint density at radius 1 is 1.20 bits per heavy atom. The first kappa shape index (κ1) is 17.3. The summed E-state index contributed by atoms with van der Waals surface area (Å²) in [5.41, 5.74) is 1.14. The Bertz CT molecular complexity index is 769. The first-order valence-electron chi connectivity index (χ1n) is 8.34. The first-order valence-corrected chi connectivity index (χ1v) is 8.34. The van der Waals surface area contributed by atoms with Crippen molar-refractivity contribution in [2.75, 3.05) is 32.8 Å². The minimum atomic E-state index is -0.287. The van der Waals surface area contributed by atoms with Gasteiger partial charge in [-0.2, -0.15) is 5.10 Å². The van der Waals surface area contributed by atoms with Crippen LogP contribution in [-0.2, 0) is 11.8 Å². The molecular formula is C18H22N4O3. The summed E-state index contributed by atoms with van der Waals surface area (Å²) in [6, 6.07) is 13.0. The molecule has 0 radical (unpaired) electrons. The summed E-state index contributed by atoms with van der Waals surface area (Å²) in [5, 5.41) is 6.94. The second-order valence-corrected chi connectivity index (χ2v) is 5.97. The van der Waals surface area contributed by atoms with Gasteiger partial charge in [0, 0.05) is 32.7 Å². The fourth-order valence-corrected chi connectivity index (χ4v) is 2.93. The first-order chi connectivity index (χ1) is 12.1. The van der Waals surface area contributed by atoms with Gasteiger partial charge in [-0.05, 0) is 11.6 Å². The van der Waals surface area contributed by atoms with E-state index in [0.29, 0.717) is 19.8 Å². The van der Waals surface area contributed by atoms with E-state index in [4.69, 9.17) is 4.74 Å². The fraction of sp³-hybridized carbons (Fsp3) is 0.389. The third-order valence-electron chi connectivity index (χ3n) is 4.32. The van der Waals surface area contributed by atoms with Gasteiger partial charge in [0.2, 0.25) is 0 Å². The van der Waals surface area contributed by atoms with E-state index >= 15 is 0 Å². The number of aryl methyl sites for hydroxylation is 1. The predicted octanol–water partition coefficient (Wildman–Crippen LogP) is 0.584. The van der Waals surface area contributed by atoms with Crippen molar-refractivity contribution in [1.82, 2.24) is 20.0 Å². The molecule has 1 aliphatic heterocycles. The highest BCUT2D eigenvalue weighted by Crippen LogP contribution is 2.21. The standard InChI is InChI=1S/C18H22N4O3/c1-21-17(23)8-7-15(20-21)18(24)19-13-16(14-5-3-2-4-6-14)22-9-11-25-12-10-22/h2-8,16H,9-13H2,1H3,(H,19,24). The summed E-state index contributed by atoms with van der Waals surface area (Å²) < 4.78 is 6.59. The van der Waals surface area contributed by atoms with Crippen LogP contribution < -0.4 is 10.9 Å². The number of amides is 1. The van der Waals surface area contributed by atoms with Crippen molar-refractivity contribution in [1.29, 1.82) is 0 Å². The van der Waals surface area contributed by atoms with Crippen molar-refractivity contribution >= 4 is 5.91 Å². The number of benzene rings is 1. The molecule has 1 unspecified atom stereocenters. The lowest BCUT2D eigenvalue weighted by Crippen LogP contribution is -2.44. The van der Waals surface area contributed by atoms with Gasteiger partial charge in [-0.3, -0.25) is 14.5 Å². The largest absolute Gasteiger partial charge is 0.379 e. The van der Waals surface area contributed by atoms with Crippen molar-refractivity contribution < 1.29 is 9.53 Å². The molecule has 1 aromatic carbocycles. The number of hydrogen-bond donors (Lipinski definition) is 1. The van der Waals surface area contributed by atoms with Crippen LogP contribution in [0, 0.1) is 0 Å². The molecule has 2 heterocycles. The van der Waals surface area contributed by atoms with E-state index in [0.717, 1.165) is 23.3 Å². The van der Waals surface area contributed by atoms with Crippen LogP contribution in [0.3, 0.4) is 0 Å². The van der Waals surface area contributed by atoms with Crippen LogP contribution in [0.2, 0.25) is 0 Å². The van der Waals surface area contributed by atoms with Crippen LogP contribution in [0.1, 0.15) is 22.1 Å². The predicted molar refractivity (Wildman–Crippen MR) is 93.4 cm³/mol. The van der Waals surface area contributed by atoms with Crippen LogP contribution >= 0.6 is 0 Å². The molecule has 1 aromatic heterocycles. The Morgan fingerprint density at radius 3 is 2.60 bits per heavy atom. The molecule has 1 atom stereocenters. The van der Waals surface area contributed by atoms with Gasteiger partial charge in [-0.25, -0.2) is 4.68 Å². The van der Waals surface area contributed by atoms with E-state index in [9.17, 15) is 9.59 Å². The minimum Gasteiger partial charge on any atom is -0.379 e. The Hall–Kier alpha value is -2.51. The molecule has 1 fully saturated rings. The van der Waals surface area contributed by atoms with Crippen LogP contribution in [0.15, 0.2) is 47.3 Å². The lowest BCUT2D eigenvalue weighted by molar-refractivity contribution is 0.0162. The molecule has 7 nitrogen and oxygen atoms in total. The molecule has 132 valence electrons. The molecule has 0 saturated carbocycles. The van der Waals surface area contributed by atoms with Crippen LogP contribution in [0.25, 0.3) is 0 Å². The highest BCUT2D eigenvalue weighted by molar-refractivity contribution is 5.92. The number of rotatable bonds is 5. The van der Waals surface area contributed by atoms with Gasteiger partial charge in [-0.1, -0.05) is 30.3 Å². The molecule has 0 spiro atoms. The Morgan fingerprint density at radius 2 is 1.92 bits per heavy atom. The zero-order chi connectivity index (χ0) is 17.6. The number of hydrogen-bond acceptors (Lipinski definition) is 5. The van der Waals surface area contributed by atoms with Crippen molar-refractivity contribution in [2.24, 2.45) is 7.05 Å². The third kappa shape index (κ3) is 4.32. The highest BCUT2D eigenvalue weighted by atomic mass is 16.5. The number of ether oxygens (including phenoxy) is 1. The number of carbonyl (C=O) groups is 1. The molecule has 7 heteroatoms. The van der Waals surface area contributed by atoms with E-state index in [1.54, 1.807) is 0 Å². The van der Waals surface area contributed by atoms with Crippen LogP contribution in [0.5, 0.6) is 0 Å². The van der Waals surface area contributed by atoms with Gasteiger partial charge < -0.3 is 10.1 Å². The van der Waals surface area contributed by atoms with Crippen molar-refractivity contribution in [3.8, 4) is 0 Å². The maximum atomic E-state index is 12.4. The lowest BCUT2D eigenvalue weighted by atomic mass is 10.0. The third-order valence-corrected chi connectivity index (χ3v) is 4.32. The van der Waals surface area contributed by atoms with Gasteiger partial charge >= 0.3 is 0 Å². The number of morpholine rings is 1. The number of aromatic nitrogens is 2. The van der Waals surface area contributed by atoms with E-state index in [-0.39, 0.29) is 23.2 Å². The van der Waals surface area contributed by atoms with Crippen LogP contribution in [0.4, 0.5) is 0 Å². The quantitative estimate of drug-likeness (QED) is 0.860. The molecular weight excluding hydrogens is 320 g/mol. The second kappa shape index (κ2) is 8.04. The molecule has 1 N–H and O–H groups in total. The summed E-state index contributed by atoms with van der Waals surface area (Å²) in [4.78, 5) is 26.1. The average Bonchev–Trinajstić information content (AvgIpc) is 2.66. The summed E-state index contributed by atoms with van der Waals surface area (Å²) in [6.45, 7) is 3.51. The smallest absolute Gasteiger partial charge is 0.271 e. The summed E-state index contributed by atoms with van der Waals surface area (Å²) in [7, 11) is 1.53. The lowest BCUT2D eigenvalue weighted by Gasteiger charge is -2.34. The number of nitrogens with zero attached hydrogens (tertiary/aromatic N) is 3. The Labute approximate surface area is 146 Å². The normalized spacial score (nSPS) is 16.4. The van der Waals surface area contributed by atoms with Gasteiger partial charge in [0.1, 0.15) is 5.69 Å². The summed E-state index contributed by atoms with van der Waals surface area (Å²) >= 11 is 0. The molecule has 1 aliphatic rings. The van der Waals surface area contributed by atoms with Gasteiger partial charge in [-0.15, -0.1) is 0 Å². The molecule has 0 bridgehead atoms. The molecule has 25 heavy (non-hydrogen) atoms. The van der Waals surface area contributed by atoms with E-state index < -0.39 is 0 Å². The zero-order valence-corrected chi connectivity index (χ0v) is 14.2. The summed E-state index contributed by atoms with van der Waals surface area (Å²) in [6.07, 6.45) is 0. The highest BCUT2D eigenvalue weighted by Gasteiger charge is 2.23. The zero-order valence-electron chi connectivity index (χ0n) is 14.2. The molecule has 3 rings (SSSR count). The second-order valence-electron chi connectivity index (χ2n) is 5.97. The van der Waals surface area contributed by atoms with Crippen molar-refractivity contribution in [3.05, 3.63) is 64.1 Å². The van der Waals surface area contributed by atoms with E-state index in [1.807, 2.05) is 18.2 Å². The maximum Gasteiger partial charge on any atom is 0.271 e. The van der Waals surface area contributed by atoms with Crippen LogP contribution in [-0.4, -0.2) is 53.4 Å². The monoisotopic (exact) mass is 342 g/mol. The van der Waals surface area contributed by atoms with E-state index in [2.05, 4.69) is 27.4 Å². The minimum absolute atomic E-state index is 0.0709. The summed E-state index contributed by atoms with van der Waals surface area (Å²) in [5.74, 6) is -0.287. The SMILES string of the molecule is Cn1nc(C(=O)NCC(c2ccccc2)N2CCOCC2)ccc1=O. The average molecular weight is 342 g/mol. The Balaban J connectivity index is 1.72. The number of carbonyl (C=O) groups excluding carboxylic acids is 1. The Kier molecular flexibility index (Phi) is 5.57. The van der Waals surface area contributed by atoms with Crippen molar-refractivity contribution in [3.63, 3.8) is 0 Å². The molecule has 1 amide bonds. The van der Waals surface area contributed by atoms with Gasteiger partial charge in [0.05, 0.1) is 19.3 Å². The molecule has 2 aromatic rings. The maximum absolute atomic E-state index is 12.4. The number of nitrogens with one attached hydrogen (secondary N) is 1.